The molecule has 4 heteroatoms. The van der Waals surface area contributed by atoms with Gasteiger partial charge in [-0.05, 0) is 50.2 Å². The van der Waals surface area contributed by atoms with Gasteiger partial charge in [0, 0.05) is 12.1 Å². The molecule has 0 atom stereocenters. The molecule has 0 unspecified atom stereocenters. The van der Waals surface area contributed by atoms with E-state index in [9.17, 15) is 0 Å². The number of hydrogen-bond acceptors (Lipinski definition) is 4. The number of aryl methyl sites for hydroxylation is 2. The number of benzene rings is 1. The van der Waals surface area contributed by atoms with Gasteiger partial charge in [-0.3, -0.25) is 0 Å². The van der Waals surface area contributed by atoms with Crippen molar-refractivity contribution in [2.24, 2.45) is 0 Å². The molecule has 21 heavy (non-hydrogen) atoms. The Kier molecular flexibility index (Phi) is 3.22. The van der Waals surface area contributed by atoms with E-state index in [4.69, 9.17) is 4.74 Å². The Bertz CT molecular complexity index is 612. The van der Waals surface area contributed by atoms with Crippen molar-refractivity contribution in [2.75, 3.05) is 11.9 Å². The molecule has 2 aromatic rings. The van der Waals surface area contributed by atoms with Gasteiger partial charge >= 0.3 is 0 Å². The van der Waals surface area contributed by atoms with Crippen molar-refractivity contribution in [3.05, 3.63) is 41.3 Å². The maximum atomic E-state index is 6.16. The summed E-state index contributed by atoms with van der Waals surface area (Å²) in [6.07, 6.45) is 8.39. The zero-order valence-electron chi connectivity index (χ0n) is 12.1. The van der Waals surface area contributed by atoms with Crippen LogP contribution in [-0.2, 0) is 19.3 Å². The molecule has 0 saturated heterocycles. The molecular formula is C17H19N3O. The normalized spacial score (nSPS) is 16.6. The predicted molar refractivity (Wildman–Crippen MR) is 82.0 cm³/mol. The summed E-state index contributed by atoms with van der Waals surface area (Å²) in [5, 5.41) is 3.46. The molecule has 2 aliphatic rings. The van der Waals surface area contributed by atoms with Gasteiger partial charge in [-0.25, -0.2) is 9.97 Å². The van der Waals surface area contributed by atoms with Gasteiger partial charge in [0.2, 0.25) is 5.88 Å². The number of rotatable bonds is 2. The summed E-state index contributed by atoms with van der Waals surface area (Å²) in [5.41, 5.74) is 4.81. The van der Waals surface area contributed by atoms with Gasteiger partial charge in [0.1, 0.15) is 6.33 Å². The Labute approximate surface area is 124 Å². The summed E-state index contributed by atoms with van der Waals surface area (Å²) in [7, 11) is 0. The van der Waals surface area contributed by atoms with Crippen molar-refractivity contribution in [3.63, 3.8) is 0 Å². The Hall–Kier alpha value is -2.10. The number of nitrogens with one attached hydrogen (secondary N) is 1. The summed E-state index contributed by atoms with van der Waals surface area (Å²) >= 11 is 0. The van der Waals surface area contributed by atoms with Crippen molar-refractivity contribution in [2.45, 2.75) is 38.5 Å². The maximum Gasteiger partial charge on any atom is 0.225 e. The Morgan fingerprint density at radius 2 is 1.95 bits per heavy atom. The van der Waals surface area contributed by atoms with Crippen LogP contribution in [0.5, 0.6) is 11.6 Å². The zero-order valence-corrected chi connectivity index (χ0v) is 12.1. The number of fused-ring (bicyclic) bond motifs is 2. The maximum absolute atomic E-state index is 6.16. The van der Waals surface area contributed by atoms with Crippen LogP contribution >= 0.6 is 0 Å². The number of para-hydroxylation sites is 1. The topological polar surface area (TPSA) is 47.0 Å². The SMILES string of the molecule is c1cc2c(c(Oc3ncnc4c3CCCC4)c1)NCCC2. The van der Waals surface area contributed by atoms with Crippen molar-refractivity contribution >= 4 is 5.69 Å². The van der Waals surface area contributed by atoms with Crippen LogP contribution in [0.3, 0.4) is 0 Å². The fourth-order valence-corrected chi connectivity index (χ4v) is 3.25. The molecule has 0 bridgehead atoms. The molecule has 1 aliphatic carbocycles. The second-order valence-corrected chi connectivity index (χ2v) is 5.73. The Morgan fingerprint density at radius 1 is 1.00 bits per heavy atom. The molecule has 108 valence electrons. The van der Waals surface area contributed by atoms with Gasteiger partial charge < -0.3 is 10.1 Å². The van der Waals surface area contributed by atoms with Gasteiger partial charge in [0.25, 0.3) is 0 Å². The minimum absolute atomic E-state index is 0.737. The van der Waals surface area contributed by atoms with Crippen molar-refractivity contribution in [1.82, 2.24) is 9.97 Å². The summed E-state index contributed by atoms with van der Waals surface area (Å²) in [4.78, 5) is 8.78. The molecule has 2 heterocycles. The van der Waals surface area contributed by atoms with Gasteiger partial charge in [0.05, 0.1) is 11.4 Å². The molecule has 4 rings (SSSR count). The zero-order chi connectivity index (χ0) is 14.1. The lowest BCUT2D eigenvalue weighted by Gasteiger charge is -2.22. The second-order valence-electron chi connectivity index (χ2n) is 5.73. The highest BCUT2D eigenvalue weighted by Crippen LogP contribution is 2.36. The standard InChI is InChI=1S/C17H19N3O/c1-2-8-14-13(7-1)17(20-11-19-14)21-15-9-3-5-12-6-4-10-18-16(12)15/h3,5,9,11,18H,1-2,4,6-8,10H2. The lowest BCUT2D eigenvalue weighted by molar-refractivity contribution is 0.447. The highest BCUT2D eigenvalue weighted by molar-refractivity contribution is 5.64. The fraction of sp³-hybridized carbons (Fsp3) is 0.412. The number of nitrogens with zero attached hydrogens (tertiary/aromatic N) is 2. The van der Waals surface area contributed by atoms with E-state index in [0.29, 0.717) is 0 Å². The molecule has 1 aromatic carbocycles. The first-order valence-corrected chi connectivity index (χ1v) is 7.78. The van der Waals surface area contributed by atoms with Crippen LogP contribution in [-0.4, -0.2) is 16.5 Å². The highest BCUT2D eigenvalue weighted by atomic mass is 16.5. The number of ether oxygens (including phenoxy) is 1. The molecule has 1 N–H and O–H groups in total. The third-order valence-corrected chi connectivity index (χ3v) is 4.33. The van der Waals surface area contributed by atoms with E-state index in [1.165, 1.54) is 30.4 Å². The fourth-order valence-electron chi connectivity index (χ4n) is 3.25. The molecule has 0 radical (unpaired) electrons. The lowest BCUT2D eigenvalue weighted by Crippen LogP contribution is -2.13. The first kappa shape index (κ1) is 12.6. The molecular weight excluding hydrogens is 262 g/mol. The van der Waals surface area contributed by atoms with Crippen LogP contribution in [0.1, 0.15) is 36.1 Å². The summed E-state index contributed by atoms with van der Waals surface area (Å²) in [5.74, 6) is 1.62. The van der Waals surface area contributed by atoms with Crippen LogP contribution < -0.4 is 10.1 Å². The molecule has 0 spiro atoms. The lowest BCUT2D eigenvalue weighted by atomic mass is 9.97. The number of aromatic nitrogens is 2. The molecule has 1 aliphatic heterocycles. The van der Waals surface area contributed by atoms with Crippen molar-refractivity contribution in [1.29, 1.82) is 0 Å². The van der Waals surface area contributed by atoms with Gasteiger partial charge in [-0.1, -0.05) is 12.1 Å². The number of anilines is 1. The minimum atomic E-state index is 0.737. The summed E-state index contributed by atoms with van der Waals surface area (Å²) in [6.45, 7) is 1.01. The van der Waals surface area contributed by atoms with Crippen molar-refractivity contribution < 1.29 is 4.74 Å². The van der Waals surface area contributed by atoms with Crippen LogP contribution in [0.15, 0.2) is 24.5 Å². The van der Waals surface area contributed by atoms with E-state index in [2.05, 4.69) is 27.4 Å². The molecule has 1 aromatic heterocycles. The van der Waals surface area contributed by atoms with E-state index >= 15 is 0 Å². The number of hydrogen-bond donors (Lipinski definition) is 1. The molecule has 0 amide bonds. The molecule has 0 fully saturated rings. The smallest absolute Gasteiger partial charge is 0.225 e. The summed E-state index contributed by atoms with van der Waals surface area (Å²) < 4.78 is 6.16. The van der Waals surface area contributed by atoms with Crippen LogP contribution in [0.2, 0.25) is 0 Å². The van der Waals surface area contributed by atoms with E-state index in [0.717, 1.165) is 48.8 Å². The highest BCUT2D eigenvalue weighted by Gasteiger charge is 2.19. The third-order valence-electron chi connectivity index (χ3n) is 4.33. The average Bonchev–Trinajstić information content (AvgIpc) is 2.56. The van der Waals surface area contributed by atoms with E-state index in [1.807, 2.05) is 6.07 Å². The van der Waals surface area contributed by atoms with E-state index in [-0.39, 0.29) is 0 Å². The summed E-state index contributed by atoms with van der Waals surface area (Å²) in [6, 6.07) is 6.26. The molecule has 4 nitrogen and oxygen atoms in total. The Morgan fingerprint density at radius 3 is 2.95 bits per heavy atom. The van der Waals surface area contributed by atoms with Crippen LogP contribution in [0.25, 0.3) is 0 Å². The van der Waals surface area contributed by atoms with E-state index < -0.39 is 0 Å². The minimum Gasteiger partial charge on any atom is -0.436 e. The monoisotopic (exact) mass is 281 g/mol. The van der Waals surface area contributed by atoms with Crippen LogP contribution in [0.4, 0.5) is 5.69 Å². The third kappa shape index (κ3) is 2.35. The van der Waals surface area contributed by atoms with Gasteiger partial charge in [-0.2, -0.15) is 0 Å². The quantitative estimate of drug-likeness (QED) is 0.915. The first-order valence-electron chi connectivity index (χ1n) is 7.78. The second kappa shape index (κ2) is 5.35. The van der Waals surface area contributed by atoms with Crippen LogP contribution in [0, 0.1) is 0 Å². The first-order chi connectivity index (χ1) is 10.4. The Balaban J connectivity index is 1.71. The van der Waals surface area contributed by atoms with E-state index in [1.54, 1.807) is 6.33 Å². The average molecular weight is 281 g/mol. The van der Waals surface area contributed by atoms with Gasteiger partial charge in [-0.15, -0.1) is 0 Å². The van der Waals surface area contributed by atoms with Crippen molar-refractivity contribution in [3.8, 4) is 11.6 Å². The van der Waals surface area contributed by atoms with Gasteiger partial charge in [0.15, 0.2) is 5.75 Å². The predicted octanol–water partition coefficient (Wildman–Crippen LogP) is 3.51. The largest absolute Gasteiger partial charge is 0.436 e. The molecule has 0 saturated carbocycles.